The Balaban J connectivity index is 1.50. The quantitative estimate of drug-likeness (QED) is 0.318. The first-order valence-electron chi connectivity index (χ1n) is 11.4. The first-order chi connectivity index (χ1) is 15.7. The number of H-pyrrole nitrogens is 1. The van der Waals surface area contributed by atoms with E-state index in [0.717, 1.165) is 57.0 Å². The van der Waals surface area contributed by atoms with Gasteiger partial charge in [0.25, 0.3) is 0 Å². The highest BCUT2D eigenvalue weighted by molar-refractivity contribution is 6.36. The molecule has 1 N–H and O–H groups in total. The third-order valence-corrected chi connectivity index (χ3v) is 6.97. The Labute approximate surface area is 199 Å². The number of aromatic amines is 1. The van der Waals surface area contributed by atoms with Crippen LogP contribution >= 0.6 is 23.2 Å². The predicted molar refractivity (Wildman–Crippen MR) is 136 cm³/mol. The number of hydrogen-bond donors (Lipinski definition) is 1. The van der Waals surface area contributed by atoms with Gasteiger partial charge in [-0.25, -0.2) is 0 Å². The van der Waals surface area contributed by atoms with Crippen molar-refractivity contribution in [1.82, 2.24) is 14.9 Å². The van der Waals surface area contributed by atoms with Crippen molar-refractivity contribution in [1.29, 1.82) is 0 Å². The van der Waals surface area contributed by atoms with E-state index in [1.807, 2.05) is 48.8 Å². The summed E-state index contributed by atoms with van der Waals surface area (Å²) in [4.78, 5) is 10.8. The topological polar surface area (TPSA) is 31.9 Å². The van der Waals surface area contributed by atoms with E-state index < -0.39 is 0 Å². The second kappa shape index (κ2) is 9.66. The maximum Gasteiger partial charge on any atom is 0.0506 e. The van der Waals surface area contributed by atoms with Crippen LogP contribution in [0.25, 0.3) is 33.2 Å². The van der Waals surface area contributed by atoms with E-state index in [9.17, 15) is 0 Å². The third kappa shape index (κ3) is 4.56. The largest absolute Gasteiger partial charge is 0.358 e. The van der Waals surface area contributed by atoms with Crippen LogP contribution in [-0.4, -0.2) is 34.5 Å². The smallest absolute Gasteiger partial charge is 0.0506 e. The van der Waals surface area contributed by atoms with Crippen molar-refractivity contribution in [2.75, 3.05) is 19.6 Å². The highest BCUT2D eigenvalue weighted by Crippen LogP contribution is 2.38. The first kappa shape index (κ1) is 21.5. The Kier molecular flexibility index (Phi) is 6.49. The lowest BCUT2D eigenvalue weighted by atomic mass is 9.98. The minimum Gasteiger partial charge on any atom is -0.358 e. The fraction of sp³-hybridized carbons (Fsp3) is 0.296. The van der Waals surface area contributed by atoms with E-state index in [2.05, 4.69) is 27.0 Å². The van der Waals surface area contributed by atoms with Crippen molar-refractivity contribution in [2.45, 2.75) is 32.1 Å². The number of rotatable bonds is 6. The van der Waals surface area contributed by atoms with Crippen LogP contribution in [0.3, 0.4) is 0 Å². The van der Waals surface area contributed by atoms with Crippen LogP contribution in [0.2, 0.25) is 10.0 Å². The van der Waals surface area contributed by atoms with Crippen molar-refractivity contribution >= 4 is 34.1 Å². The monoisotopic (exact) mass is 463 g/mol. The van der Waals surface area contributed by atoms with Gasteiger partial charge in [0.2, 0.25) is 0 Å². The average Bonchev–Trinajstić information content (AvgIpc) is 3.20. The molecule has 4 aromatic rings. The summed E-state index contributed by atoms with van der Waals surface area (Å²) in [5, 5.41) is 2.59. The number of halogens is 2. The molecular formula is C27H27Cl2N3. The van der Waals surface area contributed by atoms with E-state index in [4.69, 9.17) is 23.2 Å². The zero-order chi connectivity index (χ0) is 21.9. The number of nitrogens with one attached hydrogen (secondary N) is 1. The van der Waals surface area contributed by atoms with E-state index in [1.54, 1.807) is 0 Å². The summed E-state index contributed by atoms with van der Waals surface area (Å²) in [5.74, 6) is 0. The number of benzene rings is 2. The molecule has 2 aromatic heterocycles. The summed E-state index contributed by atoms with van der Waals surface area (Å²) in [6.45, 7) is 3.61. The Hall–Kier alpha value is -2.33. The van der Waals surface area contributed by atoms with Crippen LogP contribution in [0.4, 0.5) is 0 Å². The van der Waals surface area contributed by atoms with Gasteiger partial charge in [-0.1, -0.05) is 47.8 Å². The standard InChI is InChI=1S/C27H27Cl2N3/c28-22-11-9-19(10-12-22)20-16-21(18-30-17-20)26-24(8-5-15-32-13-2-1-3-14-32)31-25-7-4-6-23(29)27(25)26/h4,6-7,9-12,16-18,31H,1-3,5,8,13-15H2. The van der Waals surface area contributed by atoms with Gasteiger partial charge in [-0.2, -0.15) is 0 Å². The molecule has 0 unspecified atom stereocenters. The van der Waals surface area contributed by atoms with E-state index >= 15 is 0 Å². The number of piperidine rings is 1. The maximum atomic E-state index is 6.69. The summed E-state index contributed by atoms with van der Waals surface area (Å²) in [6.07, 6.45) is 9.99. The Bertz CT molecular complexity index is 1210. The van der Waals surface area contributed by atoms with Gasteiger partial charge in [-0.3, -0.25) is 4.98 Å². The second-order valence-electron chi connectivity index (χ2n) is 8.62. The molecule has 0 atom stereocenters. The summed E-state index contributed by atoms with van der Waals surface area (Å²) >= 11 is 12.8. The second-order valence-corrected chi connectivity index (χ2v) is 9.46. The van der Waals surface area contributed by atoms with Crippen LogP contribution in [0.1, 0.15) is 31.4 Å². The Morgan fingerprint density at radius 1 is 0.875 bits per heavy atom. The van der Waals surface area contributed by atoms with Crippen molar-refractivity contribution in [3.8, 4) is 22.3 Å². The van der Waals surface area contributed by atoms with Gasteiger partial charge in [0.1, 0.15) is 0 Å². The summed E-state index contributed by atoms with van der Waals surface area (Å²) < 4.78 is 0. The summed E-state index contributed by atoms with van der Waals surface area (Å²) in [5.41, 5.74) is 6.75. The number of nitrogens with zero attached hydrogens (tertiary/aromatic N) is 2. The van der Waals surface area contributed by atoms with Gasteiger partial charge in [-0.05, 0) is 81.2 Å². The Morgan fingerprint density at radius 2 is 1.66 bits per heavy atom. The molecule has 0 spiro atoms. The lowest BCUT2D eigenvalue weighted by Crippen LogP contribution is -2.30. The molecule has 1 fully saturated rings. The highest BCUT2D eigenvalue weighted by atomic mass is 35.5. The number of fused-ring (bicyclic) bond motifs is 1. The fourth-order valence-electron chi connectivity index (χ4n) is 4.80. The molecule has 1 saturated heterocycles. The summed E-state index contributed by atoms with van der Waals surface area (Å²) in [7, 11) is 0. The molecule has 1 aliphatic rings. The third-order valence-electron chi connectivity index (χ3n) is 6.41. The molecule has 3 nitrogen and oxygen atoms in total. The van der Waals surface area contributed by atoms with Crippen LogP contribution in [0.5, 0.6) is 0 Å². The number of aromatic nitrogens is 2. The SMILES string of the molecule is Clc1ccc(-c2cncc(-c3c(CCCN4CCCCC4)[nH]c4cccc(Cl)c34)c2)cc1. The van der Waals surface area contributed by atoms with Crippen LogP contribution in [0, 0.1) is 0 Å². The first-order valence-corrected chi connectivity index (χ1v) is 12.2. The van der Waals surface area contributed by atoms with Crippen molar-refractivity contribution < 1.29 is 0 Å². The van der Waals surface area contributed by atoms with Gasteiger partial charge < -0.3 is 9.88 Å². The molecule has 0 radical (unpaired) electrons. The minimum atomic E-state index is 0.734. The van der Waals surface area contributed by atoms with Crippen LogP contribution < -0.4 is 0 Å². The van der Waals surface area contributed by atoms with E-state index in [1.165, 1.54) is 43.6 Å². The van der Waals surface area contributed by atoms with Crippen molar-refractivity contribution in [2.24, 2.45) is 0 Å². The lowest BCUT2D eigenvalue weighted by molar-refractivity contribution is 0.226. The molecule has 1 aliphatic heterocycles. The average molecular weight is 464 g/mol. The molecular weight excluding hydrogens is 437 g/mol. The summed E-state index contributed by atoms with van der Waals surface area (Å²) in [6, 6.07) is 16.2. The van der Waals surface area contributed by atoms with E-state index in [0.29, 0.717) is 0 Å². The molecule has 32 heavy (non-hydrogen) atoms. The lowest BCUT2D eigenvalue weighted by Gasteiger charge is -2.26. The molecule has 2 aromatic carbocycles. The molecule has 5 heteroatoms. The molecule has 3 heterocycles. The van der Waals surface area contributed by atoms with Crippen molar-refractivity contribution in [3.05, 3.63) is 76.7 Å². The predicted octanol–water partition coefficient (Wildman–Crippen LogP) is 7.62. The number of hydrogen-bond acceptors (Lipinski definition) is 2. The van der Waals surface area contributed by atoms with Gasteiger partial charge in [0, 0.05) is 50.7 Å². The number of aryl methyl sites for hydroxylation is 1. The molecule has 0 bridgehead atoms. The zero-order valence-electron chi connectivity index (χ0n) is 18.1. The highest BCUT2D eigenvalue weighted by Gasteiger charge is 2.17. The normalized spacial score (nSPS) is 14.8. The van der Waals surface area contributed by atoms with E-state index in [-0.39, 0.29) is 0 Å². The number of likely N-dealkylation sites (tertiary alicyclic amines) is 1. The number of pyridine rings is 1. The van der Waals surface area contributed by atoms with Gasteiger partial charge in [0.05, 0.1) is 5.02 Å². The molecule has 5 rings (SSSR count). The van der Waals surface area contributed by atoms with Gasteiger partial charge in [-0.15, -0.1) is 0 Å². The Morgan fingerprint density at radius 3 is 2.47 bits per heavy atom. The fourth-order valence-corrected chi connectivity index (χ4v) is 5.20. The minimum absolute atomic E-state index is 0.734. The zero-order valence-corrected chi connectivity index (χ0v) is 19.6. The van der Waals surface area contributed by atoms with Gasteiger partial charge >= 0.3 is 0 Å². The molecule has 0 amide bonds. The maximum absolute atomic E-state index is 6.69. The molecule has 0 aliphatic carbocycles. The van der Waals surface area contributed by atoms with Crippen LogP contribution in [0.15, 0.2) is 60.9 Å². The van der Waals surface area contributed by atoms with Crippen molar-refractivity contribution in [3.63, 3.8) is 0 Å². The molecule has 0 saturated carbocycles. The molecule has 164 valence electrons. The van der Waals surface area contributed by atoms with Crippen LogP contribution in [-0.2, 0) is 6.42 Å². The van der Waals surface area contributed by atoms with Gasteiger partial charge in [0.15, 0.2) is 0 Å².